The number of pyridine rings is 1. The minimum atomic E-state index is -4.62. The van der Waals surface area contributed by atoms with Crippen molar-refractivity contribution < 1.29 is 37.3 Å². The van der Waals surface area contributed by atoms with E-state index in [1.54, 1.807) is 24.3 Å². The standard InChI is InChI=1S/C26H29F3N4O5/c1-3-20-18(15-5-4-6-17(11-15)37-2)12-19-23(38-14-26(27,28)29)22(32-24(19)31-20)25(36)30-16-7-9-33(10-8-16)21(35)13-34/h4-6,11-12,16,34H,3,7-10,13-14H2,1-2H3,(H,30,36)(H,31,32). The molecule has 0 aliphatic carbocycles. The Morgan fingerprint density at radius 3 is 2.61 bits per heavy atom. The van der Waals surface area contributed by atoms with Crippen LogP contribution in [0.25, 0.3) is 22.2 Å². The van der Waals surface area contributed by atoms with Crippen LogP contribution in [0.5, 0.6) is 11.5 Å². The molecule has 1 aliphatic rings. The number of aliphatic hydroxyl groups is 1. The predicted molar refractivity (Wildman–Crippen MR) is 133 cm³/mol. The van der Waals surface area contributed by atoms with Gasteiger partial charge in [0.2, 0.25) is 5.91 Å². The summed E-state index contributed by atoms with van der Waals surface area (Å²) in [6.45, 7) is 0.436. The van der Waals surface area contributed by atoms with Crippen molar-refractivity contribution in [3.63, 3.8) is 0 Å². The second kappa shape index (κ2) is 11.3. The Balaban J connectivity index is 1.69. The van der Waals surface area contributed by atoms with Gasteiger partial charge in [-0.25, -0.2) is 4.98 Å². The second-order valence-electron chi connectivity index (χ2n) is 8.98. The fourth-order valence-electron chi connectivity index (χ4n) is 4.53. The van der Waals surface area contributed by atoms with Gasteiger partial charge in [0, 0.05) is 24.7 Å². The van der Waals surface area contributed by atoms with Crippen molar-refractivity contribution >= 4 is 22.8 Å². The van der Waals surface area contributed by atoms with Crippen molar-refractivity contribution in [2.75, 3.05) is 33.4 Å². The number of aliphatic hydroxyl groups excluding tert-OH is 1. The number of rotatable bonds is 8. The Morgan fingerprint density at radius 1 is 1.24 bits per heavy atom. The zero-order valence-corrected chi connectivity index (χ0v) is 21.0. The number of aromatic amines is 1. The minimum absolute atomic E-state index is 0.157. The van der Waals surface area contributed by atoms with Crippen molar-refractivity contribution in [3.8, 4) is 22.6 Å². The molecule has 38 heavy (non-hydrogen) atoms. The first-order valence-corrected chi connectivity index (χ1v) is 12.2. The number of piperidine rings is 1. The van der Waals surface area contributed by atoms with E-state index in [4.69, 9.17) is 14.6 Å². The third-order valence-corrected chi connectivity index (χ3v) is 6.46. The van der Waals surface area contributed by atoms with E-state index in [2.05, 4.69) is 15.3 Å². The summed E-state index contributed by atoms with van der Waals surface area (Å²) in [5, 5.41) is 12.1. The summed E-state index contributed by atoms with van der Waals surface area (Å²) in [5.41, 5.74) is 2.20. The summed E-state index contributed by atoms with van der Waals surface area (Å²) >= 11 is 0. The largest absolute Gasteiger partial charge is 0.497 e. The SMILES string of the molecule is CCc1nc2[nH]c(C(=O)NC3CCN(C(=O)CO)CC3)c(OCC(F)(F)F)c2cc1-c1cccc(OC)c1. The Morgan fingerprint density at radius 2 is 1.97 bits per heavy atom. The van der Waals surface area contributed by atoms with Crippen LogP contribution in [0.1, 0.15) is 35.9 Å². The van der Waals surface area contributed by atoms with E-state index in [1.165, 1.54) is 12.0 Å². The summed E-state index contributed by atoms with van der Waals surface area (Å²) in [6.07, 6.45) is -3.20. The lowest BCUT2D eigenvalue weighted by Gasteiger charge is -2.32. The Labute approximate surface area is 216 Å². The number of carbonyl (C=O) groups excluding carboxylic acids is 2. The van der Waals surface area contributed by atoms with Crippen LogP contribution >= 0.6 is 0 Å². The van der Waals surface area contributed by atoms with Crippen molar-refractivity contribution in [3.05, 3.63) is 41.7 Å². The fourth-order valence-corrected chi connectivity index (χ4v) is 4.53. The quantitative estimate of drug-likeness (QED) is 0.408. The van der Waals surface area contributed by atoms with Crippen LogP contribution < -0.4 is 14.8 Å². The number of H-pyrrole nitrogens is 1. The Kier molecular flexibility index (Phi) is 8.10. The van der Waals surface area contributed by atoms with Crippen molar-refractivity contribution in [2.45, 2.75) is 38.4 Å². The molecule has 1 aromatic carbocycles. The molecule has 3 heterocycles. The number of benzene rings is 1. The molecule has 204 valence electrons. The van der Waals surface area contributed by atoms with Gasteiger partial charge < -0.3 is 29.8 Å². The number of aromatic nitrogens is 2. The maximum atomic E-state index is 13.2. The van der Waals surface area contributed by atoms with Gasteiger partial charge in [0.25, 0.3) is 5.91 Å². The number of fused-ring (bicyclic) bond motifs is 1. The molecule has 0 spiro atoms. The van der Waals surface area contributed by atoms with E-state index in [9.17, 15) is 22.8 Å². The zero-order chi connectivity index (χ0) is 27.4. The van der Waals surface area contributed by atoms with Gasteiger partial charge in [0.05, 0.1) is 18.2 Å². The molecule has 1 saturated heterocycles. The number of carbonyl (C=O) groups is 2. The lowest BCUT2D eigenvalue weighted by molar-refractivity contribution is -0.153. The number of nitrogens with zero attached hydrogens (tertiary/aromatic N) is 2. The molecule has 0 saturated carbocycles. The molecule has 1 aliphatic heterocycles. The molecule has 12 heteroatoms. The molecule has 0 unspecified atom stereocenters. The van der Waals surface area contributed by atoms with Crippen LogP contribution in [0.15, 0.2) is 30.3 Å². The van der Waals surface area contributed by atoms with Gasteiger partial charge in [0.15, 0.2) is 12.4 Å². The molecule has 3 N–H and O–H groups in total. The molecule has 1 fully saturated rings. The van der Waals surface area contributed by atoms with Gasteiger partial charge in [-0.1, -0.05) is 19.1 Å². The lowest BCUT2D eigenvalue weighted by Crippen LogP contribution is -2.47. The molecule has 0 atom stereocenters. The number of aryl methyl sites for hydroxylation is 1. The molecular formula is C26H29F3N4O5. The average molecular weight is 535 g/mol. The third kappa shape index (κ3) is 6.01. The monoisotopic (exact) mass is 534 g/mol. The summed E-state index contributed by atoms with van der Waals surface area (Å²) in [4.78, 5) is 33.9. The van der Waals surface area contributed by atoms with Crippen molar-refractivity contribution in [2.24, 2.45) is 0 Å². The number of likely N-dealkylation sites (tertiary alicyclic amines) is 1. The van der Waals surface area contributed by atoms with E-state index >= 15 is 0 Å². The maximum Gasteiger partial charge on any atom is 0.422 e. The number of halogens is 3. The lowest BCUT2D eigenvalue weighted by atomic mass is 10.0. The molecule has 2 amide bonds. The first-order chi connectivity index (χ1) is 18.1. The minimum Gasteiger partial charge on any atom is -0.497 e. The number of methoxy groups -OCH3 is 1. The fraction of sp³-hybridized carbons (Fsp3) is 0.423. The second-order valence-corrected chi connectivity index (χ2v) is 8.98. The van der Waals surface area contributed by atoms with Gasteiger partial charge in [-0.05, 0) is 43.0 Å². The molecule has 2 aromatic heterocycles. The van der Waals surface area contributed by atoms with E-state index in [1.807, 2.05) is 13.0 Å². The Bertz CT molecular complexity index is 1320. The normalized spacial score (nSPS) is 14.5. The zero-order valence-electron chi connectivity index (χ0n) is 21.0. The highest BCUT2D eigenvalue weighted by atomic mass is 19.4. The van der Waals surface area contributed by atoms with E-state index in [0.717, 1.165) is 5.56 Å². The topological polar surface area (TPSA) is 117 Å². The third-order valence-electron chi connectivity index (χ3n) is 6.46. The summed E-state index contributed by atoms with van der Waals surface area (Å²) in [7, 11) is 1.54. The average Bonchev–Trinajstić information content (AvgIpc) is 3.28. The number of ether oxygens (including phenoxy) is 2. The van der Waals surface area contributed by atoms with Crippen molar-refractivity contribution in [1.82, 2.24) is 20.2 Å². The van der Waals surface area contributed by atoms with Crippen LogP contribution in [0.3, 0.4) is 0 Å². The van der Waals surface area contributed by atoms with E-state index in [-0.39, 0.29) is 28.5 Å². The van der Waals surface area contributed by atoms with Crippen LogP contribution in [-0.4, -0.2) is 77.4 Å². The van der Waals surface area contributed by atoms with Crippen LogP contribution in [0.4, 0.5) is 13.2 Å². The van der Waals surface area contributed by atoms with Crippen LogP contribution in [0.2, 0.25) is 0 Å². The highest BCUT2D eigenvalue weighted by Gasteiger charge is 2.32. The van der Waals surface area contributed by atoms with Gasteiger partial charge in [-0.3, -0.25) is 9.59 Å². The maximum absolute atomic E-state index is 13.2. The predicted octanol–water partition coefficient (Wildman–Crippen LogP) is 3.46. The van der Waals surface area contributed by atoms with Gasteiger partial charge in [0.1, 0.15) is 23.7 Å². The molecule has 0 radical (unpaired) electrons. The first kappa shape index (κ1) is 27.2. The van der Waals surface area contributed by atoms with Gasteiger partial charge in [-0.15, -0.1) is 0 Å². The Hall–Kier alpha value is -3.80. The number of hydrogen-bond acceptors (Lipinski definition) is 6. The van der Waals surface area contributed by atoms with E-state index in [0.29, 0.717) is 49.4 Å². The van der Waals surface area contributed by atoms with Gasteiger partial charge >= 0.3 is 6.18 Å². The van der Waals surface area contributed by atoms with Crippen LogP contribution in [-0.2, 0) is 11.2 Å². The highest BCUT2D eigenvalue weighted by molar-refractivity contribution is 6.03. The van der Waals surface area contributed by atoms with E-state index < -0.39 is 31.2 Å². The molecular weight excluding hydrogens is 505 g/mol. The number of nitrogens with one attached hydrogen (secondary N) is 2. The summed E-state index contributed by atoms with van der Waals surface area (Å²) in [6, 6.07) is 8.59. The molecule has 0 bridgehead atoms. The summed E-state index contributed by atoms with van der Waals surface area (Å²) < 4.78 is 49.8. The van der Waals surface area contributed by atoms with Gasteiger partial charge in [-0.2, -0.15) is 13.2 Å². The molecule has 4 rings (SSSR count). The molecule has 3 aromatic rings. The smallest absolute Gasteiger partial charge is 0.422 e. The first-order valence-electron chi connectivity index (χ1n) is 12.2. The number of hydrogen-bond donors (Lipinski definition) is 3. The molecule has 9 nitrogen and oxygen atoms in total. The number of alkyl halides is 3. The summed E-state index contributed by atoms with van der Waals surface area (Å²) in [5.74, 6) is -0.646. The highest BCUT2D eigenvalue weighted by Crippen LogP contribution is 2.36. The number of amides is 2. The van der Waals surface area contributed by atoms with Crippen LogP contribution in [0, 0.1) is 0 Å². The van der Waals surface area contributed by atoms with Crippen molar-refractivity contribution in [1.29, 1.82) is 0 Å².